The average Bonchev–Trinajstić information content (AvgIpc) is 3.11. The highest BCUT2D eigenvalue weighted by molar-refractivity contribution is 6.06. The lowest BCUT2D eigenvalue weighted by Crippen LogP contribution is -2.31. The molecule has 1 atom stereocenters. The molecular formula is C19H18N6O. The molecule has 7 heteroatoms. The Kier molecular flexibility index (Phi) is 3.96. The number of carbonyl (C=O) groups is 1. The third-order valence-electron chi connectivity index (χ3n) is 4.43. The number of hydrogen-bond acceptors (Lipinski definition) is 5. The fraction of sp³-hybridized carbons (Fsp3) is 0.158. The van der Waals surface area contributed by atoms with E-state index in [2.05, 4.69) is 25.7 Å². The smallest absolute Gasteiger partial charge is 0.255 e. The van der Waals surface area contributed by atoms with Crippen molar-refractivity contribution in [2.45, 2.75) is 19.9 Å². The Labute approximate surface area is 150 Å². The Balaban J connectivity index is 1.77. The minimum absolute atomic E-state index is 0.181. The van der Waals surface area contributed by atoms with Crippen LogP contribution in [0.3, 0.4) is 0 Å². The number of anilines is 2. The standard InChI is InChI=1S/C19H18N6O/c1-12-6-3-4-8-15(12)24-18(26)16-13(2)23-19-21-11-22-25(19)17(16)14-7-5-9-20-10-14/h3-11,17H,1-2H3,(H,24,26)(H,21,22,23). The van der Waals surface area contributed by atoms with E-state index < -0.39 is 6.04 Å². The van der Waals surface area contributed by atoms with Crippen LogP contribution in [0.15, 0.2) is 66.4 Å². The second kappa shape index (κ2) is 6.44. The molecule has 26 heavy (non-hydrogen) atoms. The zero-order valence-corrected chi connectivity index (χ0v) is 14.5. The number of fused-ring (bicyclic) bond motifs is 1. The van der Waals surface area contributed by atoms with Crippen LogP contribution in [0.1, 0.15) is 24.1 Å². The van der Waals surface area contributed by atoms with Gasteiger partial charge in [0.15, 0.2) is 0 Å². The summed E-state index contributed by atoms with van der Waals surface area (Å²) in [6, 6.07) is 11.1. The summed E-state index contributed by atoms with van der Waals surface area (Å²) in [5.41, 5.74) is 3.98. The van der Waals surface area contributed by atoms with Gasteiger partial charge in [-0.3, -0.25) is 9.78 Å². The fourth-order valence-electron chi connectivity index (χ4n) is 3.13. The van der Waals surface area contributed by atoms with Gasteiger partial charge in [-0.25, -0.2) is 4.68 Å². The van der Waals surface area contributed by atoms with Gasteiger partial charge in [0, 0.05) is 23.8 Å². The number of carbonyl (C=O) groups excluding carboxylic acids is 1. The van der Waals surface area contributed by atoms with E-state index in [0.29, 0.717) is 11.5 Å². The van der Waals surface area contributed by atoms with Crippen molar-refractivity contribution in [1.82, 2.24) is 19.7 Å². The van der Waals surface area contributed by atoms with Crippen molar-refractivity contribution in [2.75, 3.05) is 10.6 Å². The molecular weight excluding hydrogens is 328 g/mol. The van der Waals surface area contributed by atoms with E-state index in [4.69, 9.17) is 0 Å². The molecule has 3 aromatic rings. The molecule has 1 aliphatic heterocycles. The SMILES string of the molecule is CC1=C(C(=O)Nc2ccccc2C)C(c2cccnc2)n2ncnc2N1. The highest BCUT2D eigenvalue weighted by Gasteiger charge is 2.33. The van der Waals surface area contributed by atoms with Gasteiger partial charge < -0.3 is 10.6 Å². The molecule has 0 saturated heterocycles. The lowest BCUT2D eigenvalue weighted by atomic mass is 9.96. The molecule has 2 N–H and O–H groups in total. The van der Waals surface area contributed by atoms with Crippen LogP contribution < -0.4 is 10.6 Å². The number of aryl methyl sites for hydroxylation is 1. The van der Waals surface area contributed by atoms with Crippen LogP contribution in [-0.4, -0.2) is 25.7 Å². The summed E-state index contributed by atoms with van der Waals surface area (Å²) in [6.07, 6.45) is 4.92. The van der Waals surface area contributed by atoms with Crippen LogP contribution in [0, 0.1) is 6.92 Å². The minimum Gasteiger partial charge on any atom is -0.328 e. The first kappa shape index (κ1) is 16.0. The maximum Gasteiger partial charge on any atom is 0.255 e. The number of pyridine rings is 1. The molecule has 130 valence electrons. The quantitative estimate of drug-likeness (QED) is 0.762. The van der Waals surface area contributed by atoms with E-state index in [1.807, 2.05) is 50.2 Å². The van der Waals surface area contributed by atoms with Crippen molar-refractivity contribution in [3.05, 3.63) is 77.5 Å². The molecule has 0 aliphatic carbocycles. The molecule has 1 aliphatic rings. The van der Waals surface area contributed by atoms with Gasteiger partial charge in [0.1, 0.15) is 12.4 Å². The highest BCUT2D eigenvalue weighted by Crippen LogP contribution is 2.34. The largest absolute Gasteiger partial charge is 0.328 e. The van der Waals surface area contributed by atoms with Gasteiger partial charge in [-0.15, -0.1) is 0 Å². The predicted octanol–water partition coefficient (Wildman–Crippen LogP) is 2.91. The Morgan fingerprint density at radius 3 is 2.81 bits per heavy atom. The van der Waals surface area contributed by atoms with Crippen molar-refractivity contribution in [3.8, 4) is 0 Å². The summed E-state index contributed by atoms with van der Waals surface area (Å²) in [7, 11) is 0. The van der Waals surface area contributed by atoms with Gasteiger partial charge in [0.25, 0.3) is 5.91 Å². The molecule has 1 unspecified atom stereocenters. The lowest BCUT2D eigenvalue weighted by Gasteiger charge is -2.28. The van der Waals surface area contributed by atoms with Crippen LogP contribution >= 0.6 is 0 Å². The Morgan fingerprint density at radius 1 is 1.19 bits per heavy atom. The summed E-state index contributed by atoms with van der Waals surface area (Å²) in [6.45, 7) is 3.83. The number of nitrogens with zero attached hydrogens (tertiary/aromatic N) is 4. The maximum atomic E-state index is 13.2. The number of nitrogens with one attached hydrogen (secondary N) is 2. The number of aromatic nitrogens is 4. The molecule has 0 bridgehead atoms. The average molecular weight is 346 g/mol. The van der Waals surface area contributed by atoms with Crippen LogP contribution in [-0.2, 0) is 4.79 Å². The zero-order valence-electron chi connectivity index (χ0n) is 14.5. The Morgan fingerprint density at radius 2 is 2.04 bits per heavy atom. The third-order valence-corrected chi connectivity index (χ3v) is 4.43. The third kappa shape index (κ3) is 2.73. The van der Waals surface area contributed by atoms with E-state index in [1.165, 1.54) is 6.33 Å². The van der Waals surface area contributed by atoms with Crippen LogP contribution in [0.4, 0.5) is 11.6 Å². The summed E-state index contributed by atoms with van der Waals surface area (Å²) in [4.78, 5) is 21.6. The van der Waals surface area contributed by atoms with Crippen LogP contribution in [0.2, 0.25) is 0 Å². The van der Waals surface area contributed by atoms with Crippen molar-refractivity contribution in [2.24, 2.45) is 0 Å². The van der Waals surface area contributed by atoms with Crippen LogP contribution in [0.25, 0.3) is 0 Å². The van der Waals surface area contributed by atoms with Gasteiger partial charge in [-0.1, -0.05) is 24.3 Å². The number of allylic oxidation sites excluding steroid dienone is 1. The highest BCUT2D eigenvalue weighted by atomic mass is 16.1. The number of rotatable bonds is 3. The molecule has 0 radical (unpaired) electrons. The number of hydrogen-bond donors (Lipinski definition) is 2. The number of benzene rings is 1. The first-order valence-electron chi connectivity index (χ1n) is 8.29. The Hall–Kier alpha value is -3.48. The first-order valence-corrected chi connectivity index (χ1v) is 8.29. The van der Waals surface area contributed by atoms with E-state index in [1.54, 1.807) is 17.1 Å². The molecule has 4 rings (SSSR count). The van der Waals surface area contributed by atoms with Gasteiger partial charge in [0.05, 0.1) is 5.57 Å². The summed E-state index contributed by atoms with van der Waals surface area (Å²) < 4.78 is 1.71. The molecule has 1 amide bonds. The normalized spacial score (nSPS) is 16.0. The van der Waals surface area contributed by atoms with Gasteiger partial charge >= 0.3 is 0 Å². The number of amides is 1. The molecule has 0 saturated carbocycles. The van der Waals surface area contributed by atoms with E-state index in [0.717, 1.165) is 22.5 Å². The van der Waals surface area contributed by atoms with E-state index in [-0.39, 0.29) is 5.91 Å². The molecule has 0 spiro atoms. The minimum atomic E-state index is -0.397. The lowest BCUT2D eigenvalue weighted by molar-refractivity contribution is -0.113. The summed E-state index contributed by atoms with van der Waals surface area (Å²) >= 11 is 0. The second-order valence-corrected chi connectivity index (χ2v) is 6.15. The monoisotopic (exact) mass is 346 g/mol. The van der Waals surface area contributed by atoms with Gasteiger partial charge in [0.2, 0.25) is 5.95 Å². The Bertz CT molecular complexity index is 992. The summed E-state index contributed by atoms with van der Waals surface area (Å²) in [5, 5.41) is 10.5. The topological polar surface area (TPSA) is 84.7 Å². The van der Waals surface area contributed by atoms with Crippen molar-refractivity contribution in [1.29, 1.82) is 0 Å². The second-order valence-electron chi connectivity index (χ2n) is 6.15. The van der Waals surface area contributed by atoms with Crippen molar-refractivity contribution in [3.63, 3.8) is 0 Å². The fourth-order valence-corrected chi connectivity index (χ4v) is 3.13. The van der Waals surface area contributed by atoms with E-state index in [9.17, 15) is 4.79 Å². The molecule has 2 aromatic heterocycles. The predicted molar refractivity (Wildman–Crippen MR) is 98.5 cm³/mol. The van der Waals surface area contributed by atoms with Crippen LogP contribution in [0.5, 0.6) is 0 Å². The molecule has 7 nitrogen and oxygen atoms in total. The number of para-hydroxylation sites is 1. The molecule has 1 aromatic carbocycles. The van der Waals surface area contributed by atoms with Gasteiger partial charge in [-0.05, 0) is 37.1 Å². The molecule has 3 heterocycles. The first-order chi connectivity index (χ1) is 12.6. The van der Waals surface area contributed by atoms with Gasteiger partial charge in [-0.2, -0.15) is 10.1 Å². The van der Waals surface area contributed by atoms with Crippen molar-refractivity contribution >= 4 is 17.5 Å². The maximum absolute atomic E-state index is 13.2. The molecule has 0 fully saturated rings. The van der Waals surface area contributed by atoms with Crippen molar-refractivity contribution < 1.29 is 4.79 Å². The zero-order chi connectivity index (χ0) is 18.1. The summed E-state index contributed by atoms with van der Waals surface area (Å²) in [5.74, 6) is 0.420. The van der Waals surface area contributed by atoms with E-state index >= 15 is 0 Å².